The predicted octanol–water partition coefficient (Wildman–Crippen LogP) is 1.24. The maximum Gasteiger partial charge on any atom is 0.0726 e. The number of hydrogen-bond acceptors (Lipinski definition) is 3. The van der Waals surface area contributed by atoms with Crippen molar-refractivity contribution in [2.24, 2.45) is 12.5 Å². The van der Waals surface area contributed by atoms with E-state index in [0.717, 1.165) is 18.7 Å². The normalized spacial score (nSPS) is 15.1. The monoisotopic (exact) mass is 197 g/mol. The number of aryl methyl sites for hydroxylation is 1. The van der Waals surface area contributed by atoms with Gasteiger partial charge in [-0.05, 0) is 6.42 Å². The average molecular weight is 197 g/mol. The summed E-state index contributed by atoms with van der Waals surface area (Å²) in [5.41, 5.74) is 0.955. The minimum atomic E-state index is -0.0458. The lowest BCUT2D eigenvalue weighted by molar-refractivity contribution is 0.149. The smallest absolute Gasteiger partial charge is 0.0726 e. The quantitative estimate of drug-likeness (QED) is 0.746. The number of hydrogen-bond donors (Lipinski definition) is 2. The van der Waals surface area contributed by atoms with Gasteiger partial charge in [-0.3, -0.25) is 4.68 Å². The Morgan fingerprint density at radius 1 is 1.64 bits per heavy atom. The van der Waals surface area contributed by atoms with Crippen LogP contribution in [0.4, 0.5) is 5.69 Å². The van der Waals surface area contributed by atoms with E-state index in [1.54, 1.807) is 10.9 Å². The fourth-order valence-corrected chi connectivity index (χ4v) is 1.12. The number of nitrogens with one attached hydrogen (secondary N) is 1. The molecule has 0 fully saturated rings. The highest BCUT2D eigenvalue weighted by Gasteiger charge is 2.20. The maximum atomic E-state index is 9.21. The largest absolute Gasteiger partial charge is 0.396 e. The van der Waals surface area contributed by atoms with E-state index in [9.17, 15) is 5.11 Å². The molecule has 1 unspecified atom stereocenters. The molecule has 0 spiro atoms. The van der Waals surface area contributed by atoms with Crippen LogP contribution in [0.3, 0.4) is 0 Å². The molecule has 14 heavy (non-hydrogen) atoms. The average Bonchev–Trinajstić information content (AvgIpc) is 2.61. The summed E-state index contributed by atoms with van der Waals surface area (Å²) in [5.74, 6) is 0. The molecule has 4 heteroatoms. The fraction of sp³-hybridized carbons (Fsp3) is 0.700. The van der Waals surface area contributed by atoms with Crippen LogP contribution in [0.15, 0.2) is 12.4 Å². The van der Waals surface area contributed by atoms with Crippen molar-refractivity contribution in [3.05, 3.63) is 12.4 Å². The Hall–Kier alpha value is -1.03. The van der Waals surface area contributed by atoms with Gasteiger partial charge in [0.05, 0.1) is 18.5 Å². The molecule has 80 valence electrons. The Morgan fingerprint density at radius 2 is 2.36 bits per heavy atom. The summed E-state index contributed by atoms with van der Waals surface area (Å²) >= 11 is 0. The highest BCUT2D eigenvalue weighted by molar-refractivity contribution is 5.38. The summed E-state index contributed by atoms with van der Waals surface area (Å²) < 4.78 is 1.75. The van der Waals surface area contributed by atoms with Crippen LogP contribution >= 0.6 is 0 Å². The second kappa shape index (κ2) is 4.46. The summed E-state index contributed by atoms with van der Waals surface area (Å²) in [6.45, 7) is 5.12. The van der Waals surface area contributed by atoms with E-state index in [-0.39, 0.29) is 12.0 Å². The molecule has 1 heterocycles. The number of aromatic nitrogens is 2. The number of aliphatic hydroxyl groups is 1. The van der Waals surface area contributed by atoms with Crippen molar-refractivity contribution in [3.63, 3.8) is 0 Å². The SMILES string of the molecule is CCC(C)(CO)CNc1cnn(C)c1. The van der Waals surface area contributed by atoms with Gasteiger partial charge in [-0.1, -0.05) is 13.8 Å². The van der Waals surface area contributed by atoms with E-state index < -0.39 is 0 Å². The molecular formula is C10H19N3O. The van der Waals surface area contributed by atoms with Crippen LogP contribution in [0.25, 0.3) is 0 Å². The minimum absolute atomic E-state index is 0.0458. The van der Waals surface area contributed by atoms with Crippen molar-refractivity contribution >= 4 is 5.69 Å². The van der Waals surface area contributed by atoms with E-state index in [1.807, 2.05) is 13.2 Å². The zero-order valence-electron chi connectivity index (χ0n) is 9.12. The van der Waals surface area contributed by atoms with Crippen molar-refractivity contribution < 1.29 is 5.11 Å². The van der Waals surface area contributed by atoms with Gasteiger partial charge in [-0.2, -0.15) is 5.10 Å². The van der Waals surface area contributed by atoms with Gasteiger partial charge in [-0.15, -0.1) is 0 Å². The topological polar surface area (TPSA) is 50.1 Å². The molecule has 0 saturated heterocycles. The molecule has 0 radical (unpaired) electrons. The van der Waals surface area contributed by atoms with Gasteiger partial charge in [0.2, 0.25) is 0 Å². The number of anilines is 1. The highest BCUT2D eigenvalue weighted by atomic mass is 16.3. The number of rotatable bonds is 5. The third kappa shape index (κ3) is 2.73. The second-order valence-electron chi connectivity index (χ2n) is 4.08. The lowest BCUT2D eigenvalue weighted by atomic mass is 9.89. The Bertz CT molecular complexity index is 279. The van der Waals surface area contributed by atoms with Crippen LogP contribution in [-0.2, 0) is 7.05 Å². The predicted molar refractivity (Wildman–Crippen MR) is 57.2 cm³/mol. The first kappa shape index (κ1) is 11.0. The fourth-order valence-electron chi connectivity index (χ4n) is 1.12. The van der Waals surface area contributed by atoms with Crippen LogP contribution in [0, 0.1) is 5.41 Å². The molecule has 1 aromatic heterocycles. The van der Waals surface area contributed by atoms with Gasteiger partial charge in [0.15, 0.2) is 0 Å². The van der Waals surface area contributed by atoms with E-state index in [0.29, 0.717) is 0 Å². The lowest BCUT2D eigenvalue weighted by Gasteiger charge is -2.25. The standard InChI is InChI=1S/C10H19N3O/c1-4-10(2,8-14)7-11-9-5-12-13(3)6-9/h5-6,11,14H,4,7-8H2,1-3H3. The molecule has 2 N–H and O–H groups in total. The Kier molecular flexibility index (Phi) is 3.52. The van der Waals surface area contributed by atoms with Crippen molar-refractivity contribution in [2.45, 2.75) is 20.3 Å². The summed E-state index contributed by atoms with van der Waals surface area (Å²) in [6, 6.07) is 0. The van der Waals surface area contributed by atoms with Crippen molar-refractivity contribution in [1.82, 2.24) is 9.78 Å². The van der Waals surface area contributed by atoms with Crippen molar-refractivity contribution in [3.8, 4) is 0 Å². The van der Waals surface area contributed by atoms with Crippen LogP contribution in [-0.4, -0.2) is 28.0 Å². The first-order valence-corrected chi connectivity index (χ1v) is 4.93. The Labute approximate surface area is 84.9 Å². The van der Waals surface area contributed by atoms with Crippen molar-refractivity contribution in [1.29, 1.82) is 0 Å². The van der Waals surface area contributed by atoms with Gasteiger partial charge in [0, 0.05) is 25.2 Å². The summed E-state index contributed by atoms with van der Waals surface area (Å²) in [5, 5.41) is 16.5. The first-order valence-electron chi connectivity index (χ1n) is 4.93. The third-order valence-electron chi connectivity index (χ3n) is 2.66. The molecule has 0 aliphatic rings. The zero-order valence-corrected chi connectivity index (χ0v) is 9.12. The molecule has 1 aromatic rings. The molecule has 0 saturated carbocycles. The Balaban J connectivity index is 2.47. The van der Waals surface area contributed by atoms with E-state index in [4.69, 9.17) is 0 Å². The van der Waals surface area contributed by atoms with E-state index in [2.05, 4.69) is 24.3 Å². The molecule has 0 aliphatic heterocycles. The number of aliphatic hydroxyl groups excluding tert-OH is 1. The maximum absolute atomic E-state index is 9.21. The van der Waals surface area contributed by atoms with Crippen LogP contribution in [0.1, 0.15) is 20.3 Å². The van der Waals surface area contributed by atoms with Gasteiger partial charge < -0.3 is 10.4 Å². The lowest BCUT2D eigenvalue weighted by Crippen LogP contribution is -2.29. The molecule has 0 amide bonds. The molecule has 4 nitrogen and oxygen atoms in total. The minimum Gasteiger partial charge on any atom is -0.396 e. The first-order chi connectivity index (χ1) is 6.59. The molecular weight excluding hydrogens is 178 g/mol. The van der Waals surface area contributed by atoms with Crippen LogP contribution in [0.2, 0.25) is 0 Å². The molecule has 1 atom stereocenters. The van der Waals surface area contributed by atoms with E-state index >= 15 is 0 Å². The Morgan fingerprint density at radius 3 is 2.79 bits per heavy atom. The second-order valence-corrected chi connectivity index (χ2v) is 4.08. The molecule has 0 aliphatic carbocycles. The van der Waals surface area contributed by atoms with Gasteiger partial charge >= 0.3 is 0 Å². The van der Waals surface area contributed by atoms with Crippen molar-refractivity contribution in [2.75, 3.05) is 18.5 Å². The summed E-state index contributed by atoms with van der Waals surface area (Å²) in [4.78, 5) is 0. The van der Waals surface area contributed by atoms with Gasteiger partial charge in [-0.25, -0.2) is 0 Å². The van der Waals surface area contributed by atoms with Gasteiger partial charge in [0.25, 0.3) is 0 Å². The molecule has 0 aromatic carbocycles. The van der Waals surface area contributed by atoms with Crippen LogP contribution < -0.4 is 5.32 Å². The highest BCUT2D eigenvalue weighted by Crippen LogP contribution is 2.20. The summed E-state index contributed by atoms with van der Waals surface area (Å²) in [7, 11) is 1.89. The van der Waals surface area contributed by atoms with Crippen LogP contribution in [0.5, 0.6) is 0 Å². The van der Waals surface area contributed by atoms with E-state index in [1.165, 1.54) is 0 Å². The molecule has 1 rings (SSSR count). The molecule has 0 bridgehead atoms. The third-order valence-corrected chi connectivity index (χ3v) is 2.66. The number of nitrogens with zero attached hydrogens (tertiary/aromatic N) is 2. The van der Waals surface area contributed by atoms with Gasteiger partial charge in [0.1, 0.15) is 0 Å². The summed E-state index contributed by atoms with van der Waals surface area (Å²) in [6.07, 6.45) is 4.66. The zero-order chi connectivity index (χ0) is 10.6.